The average molecular weight is 431 g/mol. The predicted molar refractivity (Wildman–Crippen MR) is 123 cm³/mol. The van der Waals surface area contributed by atoms with Crippen molar-refractivity contribution in [3.05, 3.63) is 64.2 Å². The van der Waals surface area contributed by atoms with Crippen LogP contribution in [0.4, 0.5) is 5.69 Å². The molecule has 4 nitrogen and oxygen atoms in total. The molecule has 0 saturated heterocycles. The molecule has 0 amide bonds. The van der Waals surface area contributed by atoms with Crippen LogP contribution in [-0.2, 0) is 11.2 Å². The molecule has 29 heavy (non-hydrogen) atoms. The number of carbonyl (C=O) groups excluding carboxylic acids is 1. The number of hydrogen-bond donors (Lipinski definition) is 2. The summed E-state index contributed by atoms with van der Waals surface area (Å²) >= 11 is 11.9. The van der Waals surface area contributed by atoms with Gasteiger partial charge in [-0.15, -0.1) is 0 Å². The van der Waals surface area contributed by atoms with E-state index in [9.17, 15) is 4.79 Å². The molecule has 0 heterocycles. The lowest BCUT2D eigenvalue weighted by atomic mass is 9.89. The molecular formula is C23H27ClN2O2S. The Bertz CT molecular complexity index is 894. The van der Waals surface area contributed by atoms with Crippen molar-refractivity contribution in [2.24, 2.45) is 0 Å². The zero-order valence-electron chi connectivity index (χ0n) is 16.9. The second-order valence-electron chi connectivity index (χ2n) is 7.74. The number of halogens is 1. The molecule has 1 fully saturated rings. The maximum Gasteiger partial charge on any atom is 0.337 e. The van der Waals surface area contributed by atoms with E-state index in [4.69, 9.17) is 28.6 Å². The second-order valence-corrected chi connectivity index (χ2v) is 8.56. The van der Waals surface area contributed by atoms with Crippen LogP contribution in [0.5, 0.6) is 0 Å². The molecule has 0 aliphatic heterocycles. The van der Waals surface area contributed by atoms with E-state index in [0.717, 1.165) is 25.7 Å². The molecule has 2 N–H and O–H groups in total. The minimum Gasteiger partial charge on any atom is -0.465 e. The van der Waals surface area contributed by atoms with E-state index < -0.39 is 5.97 Å². The molecule has 2 aromatic rings. The summed E-state index contributed by atoms with van der Waals surface area (Å²) in [4.78, 5) is 11.8. The van der Waals surface area contributed by atoms with E-state index in [-0.39, 0.29) is 5.54 Å². The molecule has 1 aliphatic carbocycles. The van der Waals surface area contributed by atoms with E-state index in [1.807, 2.05) is 0 Å². The van der Waals surface area contributed by atoms with Gasteiger partial charge in [0.05, 0.1) is 23.4 Å². The Labute approximate surface area is 183 Å². The highest BCUT2D eigenvalue weighted by Crippen LogP contribution is 2.34. The van der Waals surface area contributed by atoms with Gasteiger partial charge >= 0.3 is 5.97 Å². The van der Waals surface area contributed by atoms with Crippen molar-refractivity contribution >= 4 is 40.6 Å². The van der Waals surface area contributed by atoms with Gasteiger partial charge in [-0.05, 0) is 68.6 Å². The van der Waals surface area contributed by atoms with E-state index in [0.29, 0.717) is 21.4 Å². The number of carbonyl (C=O) groups is 1. The highest BCUT2D eigenvalue weighted by molar-refractivity contribution is 7.80. The fourth-order valence-electron chi connectivity index (χ4n) is 4.00. The van der Waals surface area contributed by atoms with Gasteiger partial charge in [-0.3, -0.25) is 0 Å². The molecule has 0 unspecified atom stereocenters. The first-order valence-electron chi connectivity index (χ1n) is 9.93. The van der Waals surface area contributed by atoms with Crippen LogP contribution in [-0.4, -0.2) is 23.7 Å². The zero-order chi connectivity index (χ0) is 20.9. The number of benzene rings is 2. The number of anilines is 1. The molecule has 0 atom stereocenters. The van der Waals surface area contributed by atoms with Crippen molar-refractivity contribution < 1.29 is 9.53 Å². The van der Waals surface area contributed by atoms with E-state index in [2.05, 4.69) is 41.8 Å². The molecule has 1 aliphatic rings. The lowest BCUT2D eigenvalue weighted by Gasteiger charge is -2.32. The largest absolute Gasteiger partial charge is 0.465 e. The Morgan fingerprint density at radius 3 is 2.66 bits per heavy atom. The van der Waals surface area contributed by atoms with Crippen LogP contribution in [0.3, 0.4) is 0 Å². The third-order valence-electron chi connectivity index (χ3n) is 5.55. The number of esters is 1. The summed E-state index contributed by atoms with van der Waals surface area (Å²) in [6, 6.07) is 13.6. The molecule has 3 rings (SSSR count). The Morgan fingerprint density at radius 1 is 1.21 bits per heavy atom. The van der Waals surface area contributed by atoms with Gasteiger partial charge in [-0.2, -0.15) is 0 Å². The molecule has 0 bridgehead atoms. The highest BCUT2D eigenvalue weighted by atomic mass is 35.5. The third kappa shape index (κ3) is 5.71. The van der Waals surface area contributed by atoms with Crippen LogP contribution in [0.1, 0.15) is 53.6 Å². The summed E-state index contributed by atoms with van der Waals surface area (Å²) in [5.41, 5.74) is 3.65. The van der Waals surface area contributed by atoms with Gasteiger partial charge in [0.2, 0.25) is 0 Å². The summed E-state index contributed by atoms with van der Waals surface area (Å²) in [6.07, 6.45) is 6.61. The monoisotopic (exact) mass is 430 g/mol. The second kappa shape index (κ2) is 9.59. The first-order valence-corrected chi connectivity index (χ1v) is 10.7. The lowest BCUT2D eigenvalue weighted by molar-refractivity contribution is 0.0601. The van der Waals surface area contributed by atoms with Crippen LogP contribution < -0.4 is 10.6 Å². The summed E-state index contributed by atoms with van der Waals surface area (Å²) in [7, 11) is 1.36. The number of hydrogen-bond acceptors (Lipinski definition) is 3. The van der Waals surface area contributed by atoms with E-state index >= 15 is 0 Å². The van der Waals surface area contributed by atoms with E-state index in [1.54, 1.807) is 18.2 Å². The maximum absolute atomic E-state index is 11.8. The van der Waals surface area contributed by atoms with Gasteiger partial charge in [0.1, 0.15) is 0 Å². The Kier molecular flexibility index (Phi) is 7.14. The van der Waals surface area contributed by atoms with Gasteiger partial charge in [-0.25, -0.2) is 4.79 Å². The first-order chi connectivity index (χ1) is 13.9. The van der Waals surface area contributed by atoms with Crippen molar-refractivity contribution in [3.8, 4) is 0 Å². The van der Waals surface area contributed by atoms with Gasteiger partial charge < -0.3 is 15.4 Å². The van der Waals surface area contributed by atoms with Crippen molar-refractivity contribution in [1.82, 2.24) is 5.32 Å². The van der Waals surface area contributed by atoms with Crippen LogP contribution in [0, 0.1) is 6.92 Å². The predicted octanol–water partition coefficient (Wildman–Crippen LogP) is 5.67. The highest BCUT2D eigenvalue weighted by Gasteiger charge is 2.34. The summed E-state index contributed by atoms with van der Waals surface area (Å²) in [5.74, 6) is -0.408. The quantitative estimate of drug-likeness (QED) is 0.457. The number of aryl methyl sites for hydroxylation is 2. The number of ether oxygens (including phenoxy) is 1. The fourth-order valence-corrected chi connectivity index (χ4v) is 4.49. The molecule has 154 valence electrons. The Balaban J connectivity index is 1.67. The van der Waals surface area contributed by atoms with Crippen molar-refractivity contribution in [1.29, 1.82) is 0 Å². The molecule has 0 spiro atoms. The van der Waals surface area contributed by atoms with Gasteiger partial charge in [0, 0.05) is 5.54 Å². The van der Waals surface area contributed by atoms with Gasteiger partial charge in [-0.1, -0.05) is 54.3 Å². The summed E-state index contributed by atoms with van der Waals surface area (Å²) < 4.78 is 4.78. The van der Waals surface area contributed by atoms with E-state index in [1.165, 1.54) is 31.1 Å². The smallest absolute Gasteiger partial charge is 0.337 e. The topological polar surface area (TPSA) is 50.4 Å². The van der Waals surface area contributed by atoms with Gasteiger partial charge in [0.25, 0.3) is 0 Å². The van der Waals surface area contributed by atoms with Crippen LogP contribution >= 0.6 is 23.8 Å². The van der Waals surface area contributed by atoms with Gasteiger partial charge in [0.15, 0.2) is 5.11 Å². The molecule has 0 aromatic heterocycles. The SMILES string of the molecule is COC(=O)c1ccc(Cl)c(NC(=S)NC2(CCc3cccc(C)c3)CCCC2)c1. The van der Waals surface area contributed by atoms with Crippen LogP contribution in [0.15, 0.2) is 42.5 Å². The Morgan fingerprint density at radius 2 is 1.97 bits per heavy atom. The number of rotatable bonds is 6. The minimum absolute atomic E-state index is 0.0136. The maximum atomic E-state index is 11.8. The number of methoxy groups -OCH3 is 1. The minimum atomic E-state index is -0.408. The molecule has 1 saturated carbocycles. The first kappa shape index (κ1) is 21.6. The Hall–Kier alpha value is -2.11. The zero-order valence-corrected chi connectivity index (χ0v) is 18.5. The lowest BCUT2D eigenvalue weighted by Crippen LogP contribution is -2.48. The number of thiocarbonyl (C=S) groups is 1. The summed E-state index contributed by atoms with van der Waals surface area (Å²) in [6.45, 7) is 2.12. The van der Waals surface area contributed by atoms with Crippen LogP contribution in [0.2, 0.25) is 5.02 Å². The van der Waals surface area contributed by atoms with Crippen molar-refractivity contribution in [2.75, 3.05) is 12.4 Å². The summed E-state index contributed by atoms with van der Waals surface area (Å²) in [5, 5.41) is 7.76. The molecule has 0 radical (unpaired) electrons. The molecule has 6 heteroatoms. The number of nitrogens with one attached hydrogen (secondary N) is 2. The fraction of sp³-hybridized carbons (Fsp3) is 0.391. The molecular weight excluding hydrogens is 404 g/mol. The van der Waals surface area contributed by atoms with Crippen molar-refractivity contribution in [3.63, 3.8) is 0 Å². The average Bonchev–Trinajstić information content (AvgIpc) is 3.16. The third-order valence-corrected chi connectivity index (χ3v) is 6.08. The normalized spacial score (nSPS) is 15.0. The molecule has 2 aromatic carbocycles. The van der Waals surface area contributed by atoms with Crippen molar-refractivity contribution in [2.45, 2.75) is 51.0 Å². The van der Waals surface area contributed by atoms with Crippen LogP contribution in [0.25, 0.3) is 0 Å². The standard InChI is InChI=1S/C23H27ClN2O2S/c1-16-6-5-7-17(14-16)10-13-23(11-3-4-12-23)26-22(29)25-20-15-18(21(27)28-2)8-9-19(20)24/h5-9,14-15H,3-4,10-13H2,1-2H3,(H2,25,26,29).